The van der Waals surface area contributed by atoms with Gasteiger partial charge in [0, 0.05) is 18.8 Å². The van der Waals surface area contributed by atoms with Gasteiger partial charge < -0.3 is 9.88 Å². The smallest absolute Gasteiger partial charge is 0.123 e. The van der Waals surface area contributed by atoms with E-state index in [1.165, 1.54) is 17.2 Å². The molecule has 3 heteroatoms. The van der Waals surface area contributed by atoms with Crippen molar-refractivity contribution in [1.29, 1.82) is 0 Å². The van der Waals surface area contributed by atoms with Crippen molar-refractivity contribution in [2.24, 2.45) is 0 Å². The Labute approximate surface area is 72.8 Å². The second kappa shape index (κ2) is 2.90. The van der Waals surface area contributed by atoms with Crippen molar-refractivity contribution < 1.29 is 0 Å². The molecule has 0 amide bonds. The zero-order valence-corrected chi connectivity index (χ0v) is 7.72. The highest BCUT2D eigenvalue weighted by Crippen LogP contribution is 2.13. The second-order valence-electron chi connectivity index (χ2n) is 3.24. The minimum atomic E-state index is 0.931. The normalized spacial score (nSPS) is 16.2. The Bertz CT molecular complexity index is 288. The fraction of sp³-hybridized carbons (Fsp3) is 0.667. The second-order valence-corrected chi connectivity index (χ2v) is 3.24. The van der Waals surface area contributed by atoms with E-state index in [1.807, 2.05) is 0 Å². The van der Waals surface area contributed by atoms with Gasteiger partial charge in [-0.15, -0.1) is 0 Å². The van der Waals surface area contributed by atoms with Gasteiger partial charge in [-0.25, -0.2) is 4.98 Å². The van der Waals surface area contributed by atoms with Crippen molar-refractivity contribution in [1.82, 2.24) is 14.9 Å². The van der Waals surface area contributed by atoms with Gasteiger partial charge in [-0.3, -0.25) is 0 Å². The first-order valence-corrected chi connectivity index (χ1v) is 4.58. The molecule has 1 aromatic heterocycles. The van der Waals surface area contributed by atoms with Crippen LogP contribution in [0.3, 0.4) is 0 Å². The van der Waals surface area contributed by atoms with Gasteiger partial charge in [0.15, 0.2) is 0 Å². The zero-order valence-electron chi connectivity index (χ0n) is 7.72. The highest BCUT2D eigenvalue weighted by Gasteiger charge is 2.14. The van der Waals surface area contributed by atoms with Crippen LogP contribution in [0, 0.1) is 6.92 Å². The number of fused-ring (bicyclic) bond motifs is 1. The van der Waals surface area contributed by atoms with Crippen LogP contribution in [0.5, 0.6) is 0 Å². The van der Waals surface area contributed by atoms with E-state index in [0.29, 0.717) is 0 Å². The average molecular weight is 165 g/mol. The number of nitrogens with one attached hydrogen (secondary N) is 1. The average Bonchev–Trinajstić information content (AvgIpc) is 2.44. The first-order chi connectivity index (χ1) is 5.83. The molecular weight excluding hydrogens is 150 g/mol. The largest absolute Gasteiger partial charge is 0.330 e. The van der Waals surface area contributed by atoms with Crippen LogP contribution in [-0.2, 0) is 19.5 Å². The van der Waals surface area contributed by atoms with E-state index in [-0.39, 0.29) is 0 Å². The van der Waals surface area contributed by atoms with Crippen molar-refractivity contribution in [3.8, 4) is 0 Å². The SMILES string of the molecule is CCc1nc2n(c1C)CCNC2. The lowest BCUT2D eigenvalue weighted by Crippen LogP contribution is -2.28. The molecule has 2 rings (SSSR count). The van der Waals surface area contributed by atoms with Crippen LogP contribution >= 0.6 is 0 Å². The van der Waals surface area contributed by atoms with E-state index >= 15 is 0 Å². The lowest BCUT2D eigenvalue weighted by atomic mass is 10.3. The van der Waals surface area contributed by atoms with Crippen LogP contribution < -0.4 is 5.32 Å². The molecule has 0 spiro atoms. The fourth-order valence-electron chi connectivity index (χ4n) is 1.80. The van der Waals surface area contributed by atoms with Crippen LogP contribution in [0.2, 0.25) is 0 Å². The summed E-state index contributed by atoms with van der Waals surface area (Å²) in [5.74, 6) is 1.20. The predicted octanol–water partition coefficient (Wildman–Crippen LogP) is 0.857. The van der Waals surface area contributed by atoms with E-state index in [4.69, 9.17) is 0 Å². The Hall–Kier alpha value is -0.830. The molecule has 0 aromatic carbocycles. The maximum Gasteiger partial charge on any atom is 0.123 e. The standard InChI is InChI=1S/C9H15N3/c1-3-8-7(2)12-5-4-10-6-9(12)11-8/h10H,3-6H2,1-2H3. The molecule has 1 aromatic rings. The molecule has 1 N–H and O–H groups in total. The third-order valence-electron chi connectivity index (χ3n) is 2.53. The van der Waals surface area contributed by atoms with Crippen molar-refractivity contribution in [3.05, 3.63) is 17.2 Å². The first kappa shape index (κ1) is 7.80. The Morgan fingerprint density at radius 2 is 2.42 bits per heavy atom. The number of rotatable bonds is 1. The van der Waals surface area contributed by atoms with Crippen LogP contribution in [0.1, 0.15) is 24.1 Å². The quantitative estimate of drug-likeness (QED) is 0.668. The van der Waals surface area contributed by atoms with Crippen molar-refractivity contribution >= 4 is 0 Å². The number of imidazole rings is 1. The summed E-state index contributed by atoms with van der Waals surface area (Å²) in [6.45, 7) is 7.41. The number of nitrogens with zero attached hydrogens (tertiary/aromatic N) is 2. The highest BCUT2D eigenvalue weighted by molar-refractivity contribution is 5.16. The molecule has 0 saturated carbocycles. The molecule has 66 valence electrons. The van der Waals surface area contributed by atoms with Gasteiger partial charge in [0.1, 0.15) is 5.82 Å². The Kier molecular flexibility index (Phi) is 1.89. The molecule has 0 aliphatic carbocycles. The third-order valence-corrected chi connectivity index (χ3v) is 2.53. The summed E-state index contributed by atoms with van der Waals surface area (Å²) in [7, 11) is 0. The van der Waals surface area contributed by atoms with Crippen LogP contribution in [0.4, 0.5) is 0 Å². The van der Waals surface area contributed by atoms with Gasteiger partial charge in [-0.1, -0.05) is 6.92 Å². The Morgan fingerprint density at radius 3 is 3.08 bits per heavy atom. The van der Waals surface area contributed by atoms with Gasteiger partial charge in [0.25, 0.3) is 0 Å². The molecule has 1 aliphatic heterocycles. The van der Waals surface area contributed by atoms with E-state index in [2.05, 4.69) is 28.7 Å². The monoisotopic (exact) mass is 165 g/mol. The summed E-state index contributed by atoms with van der Waals surface area (Å²) in [6.07, 6.45) is 1.05. The van der Waals surface area contributed by atoms with Crippen molar-refractivity contribution in [2.75, 3.05) is 6.54 Å². The molecule has 0 unspecified atom stereocenters. The molecule has 2 heterocycles. The lowest BCUT2D eigenvalue weighted by Gasteiger charge is -2.15. The summed E-state index contributed by atoms with van der Waals surface area (Å²) < 4.78 is 2.33. The summed E-state index contributed by atoms with van der Waals surface area (Å²) >= 11 is 0. The predicted molar refractivity (Wildman–Crippen MR) is 48.0 cm³/mol. The molecule has 0 radical (unpaired) electrons. The summed E-state index contributed by atoms with van der Waals surface area (Å²) in [6, 6.07) is 0. The van der Waals surface area contributed by atoms with Gasteiger partial charge in [0.2, 0.25) is 0 Å². The number of aromatic nitrogens is 2. The van der Waals surface area contributed by atoms with Crippen LogP contribution in [-0.4, -0.2) is 16.1 Å². The van der Waals surface area contributed by atoms with Crippen molar-refractivity contribution in [2.45, 2.75) is 33.4 Å². The maximum absolute atomic E-state index is 4.57. The van der Waals surface area contributed by atoms with Gasteiger partial charge in [-0.2, -0.15) is 0 Å². The maximum atomic E-state index is 4.57. The summed E-state index contributed by atoms with van der Waals surface area (Å²) in [5, 5.41) is 3.32. The molecule has 3 nitrogen and oxygen atoms in total. The molecule has 1 aliphatic rings. The number of aryl methyl sites for hydroxylation is 1. The van der Waals surface area contributed by atoms with E-state index in [1.54, 1.807) is 0 Å². The minimum Gasteiger partial charge on any atom is -0.330 e. The topological polar surface area (TPSA) is 29.9 Å². The van der Waals surface area contributed by atoms with Crippen LogP contribution in [0.15, 0.2) is 0 Å². The third kappa shape index (κ3) is 1.05. The highest BCUT2D eigenvalue weighted by atomic mass is 15.2. The number of hydrogen-bond donors (Lipinski definition) is 1. The van der Waals surface area contributed by atoms with Crippen LogP contribution in [0.25, 0.3) is 0 Å². The van der Waals surface area contributed by atoms with Gasteiger partial charge in [0.05, 0.1) is 12.2 Å². The first-order valence-electron chi connectivity index (χ1n) is 4.58. The summed E-state index contributed by atoms with van der Waals surface area (Å²) in [4.78, 5) is 4.57. The van der Waals surface area contributed by atoms with Crippen molar-refractivity contribution in [3.63, 3.8) is 0 Å². The van der Waals surface area contributed by atoms with Gasteiger partial charge in [-0.05, 0) is 13.3 Å². The molecule has 0 fully saturated rings. The molecule has 0 saturated heterocycles. The molecular formula is C9H15N3. The van der Waals surface area contributed by atoms with Gasteiger partial charge >= 0.3 is 0 Å². The fourth-order valence-corrected chi connectivity index (χ4v) is 1.80. The number of hydrogen-bond acceptors (Lipinski definition) is 2. The zero-order chi connectivity index (χ0) is 8.55. The Morgan fingerprint density at radius 1 is 1.58 bits per heavy atom. The minimum absolute atomic E-state index is 0.931. The van der Waals surface area contributed by atoms with E-state index < -0.39 is 0 Å². The molecule has 0 atom stereocenters. The lowest BCUT2D eigenvalue weighted by molar-refractivity contribution is 0.499. The summed E-state index contributed by atoms with van der Waals surface area (Å²) in [5.41, 5.74) is 2.61. The molecule has 0 bridgehead atoms. The van der Waals surface area contributed by atoms with E-state index in [9.17, 15) is 0 Å². The Balaban J connectivity index is 2.44. The molecule has 12 heavy (non-hydrogen) atoms. The van der Waals surface area contributed by atoms with E-state index in [0.717, 1.165) is 26.1 Å².